The van der Waals surface area contributed by atoms with Gasteiger partial charge in [0.2, 0.25) is 0 Å². The fourth-order valence-corrected chi connectivity index (χ4v) is 5.40. The first-order valence-corrected chi connectivity index (χ1v) is 11.3. The smallest absolute Gasteiger partial charge is 0.262 e. The van der Waals surface area contributed by atoms with E-state index in [0.29, 0.717) is 16.3 Å². The molecular weight excluding hydrogens is 441 g/mol. The number of rotatable bonds is 5. The summed E-state index contributed by atoms with van der Waals surface area (Å²) in [6.07, 6.45) is 2.90. The number of halogens is 2. The number of sulfonamides is 1. The Hall–Kier alpha value is -2.93. The molecule has 2 unspecified atom stereocenters. The summed E-state index contributed by atoms with van der Waals surface area (Å²) in [5, 5.41) is 12.7. The van der Waals surface area contributed by atoms with E-state index in [4.69, 9.17) is 16.9 Å². The lowest BCUT2D eigenvalue weighted by Gasteiger charge is -2.21. The Morgan fingerprint density at radius 1 is 1.23 bits per heavy atom. The molecule has 1 aromatic heterocycles. The van der Waals surface area contributed by atoms with Crippen LogP contribution in [0.2, 0.25) is 5.02 Å². The molecule has 10 heteroatoms. The minimum absolute atomic E-state index is 0.0186. The molecule has 1 fully saturated rings. The Morgan fingerprint density at radius 3 is 2.58 bits per heavy atom. The van der Waals surface area contributed by atoms with Gasteiger partial charge in [-0.25, -0.2) is 17.8 Å². The van der Waals surface area contributed by atoms with Crippen molar-refractivity contribution in [1.82, 2.24) is 13.9 Å². The maximum Gasteiger partial charge on any atom is 0.262 e. The number of benzene rings is 2. The summed E-state index contributed by atoms with van der Waals surface area (Å²) < 4.78 is 42.6. The Bertz CT molecular complexity index is 1250. The van der Waals surface area contributed by atoms with Crippen LogP contribution in [0.15, 0.2) is 60.0 Å². The number of hydrogen-bond donors (Lipinski definition) is 1. The van der Waals surface area contributed by atoms with E-state index in [1.165, 1.54) is 29.0 Å². The van der Waals surface area contributed by atoms with E-state index in [1.807, 2.05) is 6.07 Å². The van der Waals surface area contributed by atoms with Crippen LogP contribution in [0.3, 0.4) is 0 Å². The molecule has 1 aliphatic heterocycles. The molecule has 0 radical (unpaired) electrons. The molecule has 7 nitrogen and oxygen atoms in total. The maximum absolute atomic E-state index is 13.4. The number of nitriles is 1. The molecule has 0 aliphatic carbocycles. The third-order valence-corrected chi connectivity index (χ3v) is 7.34. The van der Waals surface area contributed by atoms with Crippen molar-refractivity contribution >= 4 is 27.3 Å². The molecule has 2 heterocycles. The summed E-state index contributed by atoms with van der Waals surface area (Å²) in [5.41, 5.74) is 1.84. The van der Waals surface area contributed by atoms with Crippen molar-refractivity contribution in [2.24, 2.45) is 7.05 Å². The van der Waals surface area contributed by atoms with Crippen molar-refractivity contribution in [3.05, 3.63) is 77.0 Å². The fourth-order valence-electron chi connectivity index (χ4n) is 3.72. The molecular formula is C21H19ClFN5O2S. The maximum atomic E-state index is 13.4. The zero-order valence-corrected chi connectivity index (χ0v) is 18.1. The first-order chi connectivity index (χ1) is 14.8. The molecule has 0 bridgehead atoms. The van der Waals surface area contributed by atoms with Crippen molar-refractivity contribution in [1.29, 1.82) is 5.26 Å². The predicted octanol–water partition coefficient (Wildman–Crippen LogP) is 3.35. The molecule has 0 amide bonds. The molecule has 1 N–H and O–H groups in total. The predicted molar refractivity (Wildman–Crippen MR) is 115 cm³/mol. The van der Waals surface area contributed by atoms with Gasteiger partial charge in [-0.1, -0.05) is 23.7 Å². The van der Waals surface area contributed by atoms with Crippen molar-refractivity contribution < 1.29 is 12.8 Å². The van der Waals surface area contributed by atoms with Gasteiger partial charge in [0.25, 0.3) is 10.0 Å². The summed E-state index contributed by atoms with van der Waals surface area (Å²) in [6, 6.07) is 12.7. The van der Waals surface area contributed by atoms with Gasteiger partial charge in [0.1, 0.15) is 11.9 Å². The average molecular weight is 460 g/mol. The highest BCUT2D eigenvalue weighted by Gasteiger charge is 2.41. The largest absolute Gasteiger partial charge is 0.380 e. The number of nitrogens with one attached hydrogen (secondary N) is 1. The van der Waals surface area contributed by atoms with Crippen LogP contribution in [-0.4, -0.2) is 41.4 Å². The van der Waals surface area contributed by atoms with Crippen LogP contribution in [0.5, 0.6) is 0 Å². The van der Waals surface area contributed by atoms with Gasteiger partial charge in [-0.15, -0.1) is 0 Å². The van der Waals surface area contributed by atoms with E-state index in [-0.39, 0.29) is 35.9 Å². The lowest BCUT2D eigenvalue weighted by atomic mass is 9.94. The van der Waals surface area contributed by atoms with E-state index in [2.05, 4.69) is 10.3 Å². The van der Waals surface area contributed by atoms with Crippen molar-refractivity contribution in [3.63, 3.8) is 0 Å². The highest BCUT2D eigenvalue weighted by Crippen LogP contribution is 2.34. The quantitative estimate of drug-likeness (QED) is 0.631. The van der Waals surface area contributed by atoms with Crippen LogP contribution < -0.4 is 5.32 Å². The van der Waals surface area contributed by atoms with Crippen LogP contribution in [-0.2, 0) is 17.1 Å². The molecule has 2 aromatic carbocycles. The lowest BCUT2D eigenvalue weighted by Crippen LogP contribution is -2.32. The van der Waals surface area contributed by atoms with E-state index < -0.39 is 10.0 Å². The Morgan fingerprint density at radius 2 is 1.97 bits per heavy atom. The first-order valence-electron chi connectivity index (χ1n) is 9.47. The van der Waals surface area contributed by atoms with Crippen LogP contribution in [0, 0.1) is 17.1 Å². The lowest BCUT2D eigenvalue weighted by molar-refractivity contribution is 0.468. The third kappa shape index (κ3) is 4.28. The van der Waals surface area contributed by atoms with Gasteiger partial charge in [0, 0.05) is 44.0 Å². The van der Waals surface area contributed by atoms with Crippen molar-refractivity contribution in [3.8, 4) is 6.07 Å². The standard InChI is InChI=1S/C21H19ClFN5O2S/c1-27-12-21(25-13-27)31(29,30)28-10-18(14-2-5-16(23)6-3-14)20(11-28)26-17-7-4-15(9-24)19(22)8-17/h2-8,12-13,18,20,26H,10-11H2,1H3. The highest BCUT2D eigenvalue weighted by molar-refractivity contribution is 7.89. The second kappa shape index (κ2) is 8.30. The number of nitrogens with zero attached hydrogens (tertiary/aromatic N) is 4. The summed E-state index contributed by atoms with van der Waals surface area (Å²) in [5.74, 6) is -0.586. The molecule has 2 atom stereocenters. The van der Waals surface area contributed by atoms with Gasteiger partial charge in [-0.3, -0.25) is 0 Å². The SMILES string of the molecule is Cn1cnc(S(=O)(=O)N2CC(Nc3ccc(C#N)c(Cl)c3)C(c3ccc(F)cc3)C2)c1. The zero-order chi connectivity index (χ0) is 22.2. The van der Waals surface area contributed by atoms with Crippen molar-refractivity contribution in [2.75, 3.05) is 18.4 Å². The van der Waals surface area contributed by atoms with Crippen molar-refractivity contribution in [2.45, 2.75) is 17.0 Å². The summed E-state index contributed by atoms with van der Waals surface area (Å²) in [6.45, 7) is 0.408. The Labute approximate surface area is 184 Å². The molecule has 1 saturated heterocycles. The second-order valence-electron chi connectivity index (χ2n) is 7.41. The molecule has 160 valence electrons. The molecule has 0 spiro atoms. The number of anilines is 1. The number of aromatic nitrogens is 2. The highest BCUT2D eigenvalue weighted by atomic mass is 35.5. The summed E-state index contributed by atoms with van der Waals surface area (Å²) in [4.78, 5) is 4.00. The molecule has 1 aliphatic rings. The molecule has 4 rings (SSSR count). The van der Waals surface area contributed by atoms with Gasteiger partial charge in [-0.05, 0) is 35.9 Å². The monoisotopic (exact) mass is 459 g/mol. The number of hydrogen-bond acceptors (Lipinski definition) is 5. The van der Waals surface area contributed by atoms with E-state index >= 15 is 0 Å². The topological polar surface area (TPSA) is 91.0 Å². The molecule has 3 aromatic rings. The number of imidazole rings is 1. The van der Waals surface area contributed by atoms with Gasteiger partial charge >= 0.3 is 0 Å². The summed E-state index contributed by atoms with van der Waals surface area (Å²) in [7, 11) is -2.09. The minimum atomic E-state index is -3.79. The van der Waals surface area contributed by atoms with Crippen LogP contribution in [0.25, 0.3) is 0 Å². The van der Waals surface area contributed by atoms with Gasteiger partial charge in [0.05, 0.1) is 16.9 Å². The number of aryl methyl sites for hydroxylation is 1. The first kappa shape index (κ1) is 21.3. The van der Waals surface area contributed by atoms with Crippen LogP contribution in [0.1, 0.15) is 17.0 Å². The van der Waals surface area contributed by atoms with Gasteiger partial charge in [0.15, 0.2) is 5.03 Å². The normalized spacial score (nSPS) is 19.3. The Kier molecular flexibility index (Phi) is 5.71. The van der Waals surface area contributed by atoms with Gasteiger partial charge < -0.3 is 9.88 Å². The van der Waals surface area contributed by atoms with E-state index in [9.17, 15) is 12.8 Å². The fraction of sp³-hybridized carbons (Fsp3) is 0.238. The Balaban J connectivity index is 1.66. The third-order valence-electron chi connectivity index (χ3n) is 5.31. The molecule has 31 heavy (non-hydrogen) atoms. The van der Waals surface area contributed by atoms with Crippen LogP contribution >= 0.6 is 11.6 Å². The van der Waals surface area contributed by atoms with Gasteiger partial charge in [-0.2, -0.15) is 9.57 Å². The zero-order valence-electron chi connectivity index (χ0n) is 16.5. The molecule has 0 saturated carbocycles. The summed E-state index contributed by atoms with van der Waals surface area (Å²) >= 11 is 6.15. The van der Waals surface area contributed by atoms with E-state index in [0.717, 1.165) is 5.56 Å². The van der Waals surface area contributed by atoms with E-state index in [1.54, 1.807) is 41.9 Å². The minimum Gasteiger partial charge on any atom is -0.380 e. The second-order valence-corrected chi connectivity index (χ2v) is 9.71. The average Bonchev–Trinajstić information content (AvgIpc) is 3.36. The van der Waals surface area contributed by atoms with Crippen LogP contribution in [0.4, 0.5) is 10.1 Å².